The number of anilines is 2. The van der Waals surface area contributed by atoms with E-state index in [1.165, 1.54) is 6.20 Å². The van der Waals surface area contributed by atoms with Crippen molar-refractivity contribution in [3.05, 3.63) is 78.2 Å². The topological polar surface area (TPSA) is 95.5 Å². The molecule has 4 rings (SSSR count). The number of nitrogens with zero attached hydrogens (tertiary/aromatic N) is 3. The maximum atomic E-state index is 12.5. The lowest BCUT2D eigenvalue weighted by Crippen LogP contribution is -2.10. The first kappa shape index (κ1) is 20.2. The Hall–Kier alpha value is -4.04. The zero-order valence-electron chi connectivity index (χ0n) is 17.0. The molecular formula is C23H20N4O4. The average molecular weight is 416 g/mol. The molecule has 3 heterocycles. The quantitative estimate of drug-likeness (QED) is 0.333. The minimum Gasteiger partial charge on any atom is -0.439 e. The lowest BCUT2D eigenvalue weighted by molar-refractivity contribution is -0.236. The smallest absolute Gasteiger partial charge is 0.376 e. The van der Waals surface area contributed by atoms with Crippen LogP contribution in [0.4, 0.5) is 11.4 Å². The van der Waals surface area contributed by atoms with Gasteiger partial charge in [0.05, 0.1) is 12.3 Å². The fourth-order valence-electron chi connectivity index (χ4n) is 2.90. The second-order valence-electron chi connectivity index (χ2n) is 6.57. The number of carbonyl (C=O) groups is 1. The predicted octanol–water partition coefficient (Wildman–Crippen LogP) is 4.98. The van der Waals surface area contributed by atoms with E-state index in [1.54, 1.807) is 31.3 Å². The number of aryl methyl sites for hydroxylation is 1. The van der Waals surface area contributed by atoms with E-state index in [1.807, 2.05) is 43.3 Å². The van der Waals surface area contributed by atoms with Gasteiger partial charge in [-0.2, -0.15) is 4.89 Å². The minimum absolute atomic E-state index is 0.236. The van der Waals surface area contributed by atoms with Crippen LogP contribution in [0.5, 0.6) is 11.6 Å². The molecule has 0 aliphatic carbocycles. The van der Waals surface area contributed by atoms with Gasteiger partial charge in [0.1, 0.15) is 11.3 Å². The Kier molecular flexibility index (Phi) is 6.00. The zero-order chi connectivity index (χ0) is 21.6. The fraction of sp³-hybridized carbons (Fsp3) is 0.130. The Morgan fingerprint density at radius 3 is 2.61 bits per heavy atom. The number of hydrogen-bond donors (Lipinski definition) is 1. The van der Waals surface area contributed by atoms with Crippen LogP contribution < -0.4 is 10.1 Å². The third-order valence-corrected chi connectivity index (χ3v) is 4.33. The molecule has 4 aromatic rings. The van der Waals surface area contributed by atoms with E-state index in [-0.39, 0.29) is 12.2 Å². The van der Waals surface area contributed by atoms with Crippen LogP contribution in [0.15, 0.2) is 67.0 Å². The molecule has 0 aliphatic heterocycles. The minimum atomic E-state index is -0.644. The van der Waals surface area contributed by atoms with Crippen LogP contribution in [0.1, 0.15) is 23.0 Å². The van der Waals surface area contributed by atoms with Gasteiger partial charge in [0, 0.05) is 35.2 Å². The van der Waals surface area contributed by atoms with E-state index < -0.39 is 5.97 Å². The van der Waals surface area contributed by atoms with Crippen molar-refractivity contribution >= 4 is 28.4 Å². The van der Waals surface area contributed by atoms with Gasteiger partial charge in [-0.15, -0.1) is 0 Å². The molecule has 0 saturated carbocycles. The Morgan fingerprint density at radius 2 is 1.87 bits per heavy atom. The molecule has 156 valence electrons. The molecule has 0 bridgehead atoms. The molecular weight excluding hydrogens is 396 g/mol. The second-order valence-corrected chi connectivity index (χ2v) is 6.57. The first-order valence-corrected chi connectivity index (χ1v) is 9.70. The van der Waals surface area contributed by atoms with Crippen molar-refractivity contribution in [2.24, 2.45) is 0 Å². The summed E-state index contributed by atoms with van der Waals surface area (Å²) in [5.74, 6) is 0.497. The fourth-order valence-corrected chi connectivity index (χ4v) is 2.90. The Morgan fingerprint density at radius 1 is 1.03 bits per heavy atom. The number of aromatic nitrogens is 3. The Labute approximate surface area is 178 Å². The van der Waals surface area contributed by atoms with E-state index in [2.05, 4.69) is 20.3 Å². The van der Waals surface area contributed by atoms with E-state index in [4.69, 9.17) is 14.5 Å². The SMILES string of the molecule is CCOOC(=O)c1cnc2nc(C)ccc2c1Nc1ccc(Oc2ccccn2)cc1. The maximum Gasteiger partial charge on any atom is 0.376 e. The van der Waals surface area contributed by atoms with Crippen LogP contribution in [-0.2, 0) is 9.78 Å². The van der Waals surface area contributed by atoms with Gasteiger partial charge >= 0.3 is 5.97 Å². The van der Waals surface area contributed by atoms with E-state index >= 15 is 0 Å². The van der Waals surface area contributed by atoms with Crippen molar-refractivity contribution in [3.8, 4) is 11.6 Å². The summed E-state index contributed by atoms with van der Waals surface area (Å²) in [7, 11) is 0. The third kappa shape index (κ3) is 4.76. The molecule has 31 heavy (non-hydrogen) atoms. The summed E-state index contributed by atoms with van der Waals surface area (Å²) in [5.41, 5.74) is 2.85. The van der Waals surface area contributed by atoms with Crippen LogP contribution in [0.3, 0.4) is 0 Å². The number of fused-ring (bicyclic) bond motifs is 1. The summed E-state index contributed by atoms with van der Waals surface area (Å²) < 4.78 is 5.72. The van der Waals surface area contributed by atoms with Crippen LogP contribution in [0, 0.1) is 6.92 Å². The molecule has 0 aliphatic rings. The summed E-state index contributed by atoms with van der Waals surface area (Å²) in [5, 5.41) is 3.96. The van der Waals surface area contributed by atoms with E-state index in [0.29, 0.717) is 28.4 Å². The number of benzene rings is 1. The first-order chi connectivity index (χ1) is 15.1. The van der Waals surface area contributed by atoms with Gasteiger partial charge in [0.15, 0.2) is 5.65 Å². The van der Waals surface area contributed by atoms with Crippen molar-refractivity contribution in [1.82, 2.24) is 15.0 Å². The van der Waals surface area contributed by atoms with Crippen LogP contribution >= 0.6 is 0 Å². The summed E-state index contributed by atoms with van der Waals surface area (Å²) in [6.45, 7) is 3.85. The van der Waals surface area contributed by atoms with E-state index in [9.17, 15) is 4.79 Å². The molecule has 3 aromatic heterocycles. The first-order valence-electron chi connectivity index (χ1n) is 9.70. The number of hydrogen-bond acceptors (Lipinski definition) is 8. The monoisotopic (exact) mass is 416 g/mol. The molecule has 0 spiro atoms. The van der Waals surface area contributed by atoms with Crippen LogP contribution in [0.2, 0.25) is 0 Å². The highest BCUT2D eigenvalue weighted by Gasteiger charge is 2.19. The summed E-state index contributed by atoms with van der Waals surface area (Å²) in [6.07, 6.45) is 3.09. The van der Waals surface area contributed by atoms with Gasteiger partial charge in [-0.1, -0.05) is 6.07 Å². The van der Waals surface area contributed by atoms with Crippen molar-refractivity contribution in [2.45, 2.75) is 13.8 Å². The van der Waals surface area contributed by atoms with Crippen molar-refractivity contribution in [2.75, 3.05) is 11.9 Å². The highest BCUT2D eigenvalue weighted by molar-refractivity contribution is 6.05. The normalized spacial score (nSPS) is 10.6. The maximum absolute atomic E-state index is 12.5. The van der Waals surface area contributed by atoms with E-state index in [0.717, 1.165) is 11.4 Å². The average Bonchev–Trinajstić information content (AvgIpc) is 2.79. The second kappa shape index (κ2) is 9.19. The predicted molar refractivity (Wildman–Crippen MR) is 115 cm³/mol. The molecule has 0 amide bonds. The van der Waals surface area contributed by atoms with Gasteiger partial charge in [0.25, 0.3) is 0 Å². The molecule has 8 nitrogen and oxygen atoms in total. The summed E-state index contributed by atoms with van der Waals surface area (Å²) in [4.78, 5) is 35.1. The lowest BCUT2D eigenvalue weighted by Gasteiger charge is -2.14. The van der Waals surface area contributed by atoms with Crippen molar-refractivity contribution in [3.63, 3.8) is 0 Å². The standard InChI is InChI=1S/C23H20N4O4/c1-3-29-31-23(28)19-14-25-22-18(12-7-15(2)26-22)21(19)27-16-8-10-17(11-9-16)30-20-6-4-5-13-24-20/h4-14H,3H2,1-2H3,(H,25,26,27). The third-order valence-electron chi connectivity index (χ3n) is 4.33. The van der Waals surface area contributed by atoms with Gasteiger partial charge < -0.3 is 10.1 Å². The van der Waals surface area contributed by atoms with Crippen LogP contribution in [0.25, 0.3) is 11.0 Å². The highest BCUT2D eigenvalue weighted by Crippen LogP contribution is 2.30. The molecule has 8 heteroatoms. The number of carbonyl (C=O) groups excluding carboxylic acids is 1. The number of rotatable bonds is 7. The summed E-state index contributed by atoms with van der Waals surface area (Å²) >= 11 is 0. The lowest BCUT2D eigenvalue weighted by atomic mass is 10.1. The number of pyridine rings is 3. The van der Waals surface area contributed by atoms with Gasteiger partial charge in [-0.05, 0) is 56.3 Å². The molecule has 0 saturated heterocycles. The largest absolute Gasteiger partial charge is 0.439 e. The Balaban J connectivity index is 1.65. The van der Waals surface area contributed by atoms with Gasteiger partial charge in [0.2, 0.25) is 5.88 Å². The van der Waals surface area contributed by atoms with Crippen molar-refractivity contribution < 1.29 is 19.3 Å². The summed E-state index contributed by atoms with van der Waals surface area (Å²) in [6, 6.07) is 16.5. The van der Waals surface area contributed by atoms with Crippen molar-refractivity contribution in [1.29, 1.82) is 0 Å². The van der Waals surface area contributed by atoms with Crippen LogP contribution in [-0.4, -0.2) is 27.5 Å². The molecule has 0 radical (unpaired) electrons. The molecule has 0 fully saturated rings. The number of nitrogens with one attached hydrogen (secondary N) is 1. The number of ether oxygens (including phenoxy) is 1. The molecule has 0 atom stereocenters. The van der Waals surface area contributed by atoms with Gasteiger partial charge in [-0.3, -0.25) is 4.89 Å². The highest BCUT2D eigenvalue weighted by atomic mass is 17.2. The molecule has 0 unspecified atom stereocenters. The molecule has 1 N–H and O–H groups in total. The Bertz CT molecular complexity index is 1200. The zero-order valence-corrected chi connectivity index (χ0v) is 17.0. The molecule has 1 aromatic carbocycles. The van der Waals surface area contributed by atoms with Gasteiger partial charge in [-0.25, -0.2) is 19.7 Å².